The first-order chi connectivity index (χ1) is 27.3. The Kier molecular flexibility index (Phi) is 8.19. The number of nitrogens with one attached hydrogen (secondary N) is 1. The molecule has 1 aliphatic heterocycles. The molecule has 0 bridgehead atoms. The van der Waals surface area contributed by atoms with Gasteiger partial charge in [-0.3, -0.25) is 4.99 Å². The maximum atomic E-state index is 6.55. The molecule has 2 heterocycles. The van der Waals surface area contributed by atoms with Gasteiger partial charge in [-0.2, -0.15) is 0 Å². The molecule has 9 aromatic rings. The fraction of sp³-hybridized carbons (Fsp3) is 0.0200. The normalized spacial score (nSPS) is 12.5. The largest absolute Gasteiger partial charge is 0.486 e. The van der Waals surface area contributed by atoms with Crippen molar-refractivity contribution in [2.24, 2.45) is 4.99 Å². The minimum atomic E-state index is -2.91. The molecule has 5 heteroatoms. The molecule has 0 fully saturated rings. The van der Waals surface area contributed by atoms with Gasteiger partial charge in [-0.15, -0.1) is 0 Å². The van der Waals surface area contributed by atoms with Crippen LogP contribution in [0, 0.1) is 0 Å². The molecule has 1 aliphatic rings. The minimum absolute atomic E-state index is 0.378. The van der Waals surface area contributed by atoms with Gasteiger partial charge in [-0.25, -0.2) is 0 Å². The summed E-state index contributed by atoms with van der Waals surface area (Å²) in [4.78, 5) is 4.63. The van der Waals surface area contributed by atoms with Crippen LogP contribution < -0.4 is 30.8 Å². The van der Waals surface area contributed by atoms with Gasteiger partial charge >= 0.3 is 0 Å². The zero-order valence-electron chi connectivity index (χ0n) is 30.0. The Morgan fingerprint density at radius 2 is 1.09 bits per heavy atom. The summed E-state index contributed by atoms with van der Waals surface area (Å²) < 4.78 is 12.9. The molecular weight excluding hydrogens is 689 g/mol. The molecule has 0 atom stereocenters. The average Bonchev–Trinajstić information content (AvgIpc) is 3.67. The highest BCUT2D eigenvalue weighted by molar-refractivity contribution is 7.20. The number of nitrogens with zero attached hydrogens (tertiary/aromatic N) is 1. The monoisotopic (exact) mass is 724 g/mol. The number of ether oxygens (including phenoxy) is 1. The van der Waals surface area contributed by atoms with Gasteiger partial charge in [0.15, 0.2) is 8.07 Å². The van der Waals surface area contributed by atoms with Crippen LogP contribution in [0.3, 0.4) is 0 Å². The third-order valence-corrected chi connectivity index (χ3v) is 15.5. The fourth-order valence-electron chi connectivity index (χ4n) is 8.23. The van der Waals surface area contributed by atoms with Gasteiger partial charge in [0.25, 0.3) is 0 Å². The van der Waals surface area contributed by atoms with Crippen molar-refractivity contribution in [3.05, 3.63) is 194 Å². The lowest BCUT2D eigenvalue weighted by Gasteiger charge is -2.35. The van der Waals surface area contributed by atoms with Gasteiger partial charge in [-0.1, -0.05) is 164 Å². The summed E-state index contributed by atoms with van der Waals surface area (Å²) in [5.41, 5.74) is 8.99. The van der Waals surface area contributed by atoms with Crippen molar-refractivity contribution in [3.63, 3.8) is 0 Å². The molecule has 0 radical (unpaired) electrons. The van der Waals surface area contributed by atoms with Crippen LogP contribution in [0.2, 0.25) is 0 Å². The second-order valence-electron chi connectivity index (χ2n) is 13.9. The van der Waals surface area contributed by atoms with Crippen LogP contribution in [-0.2, 0) is 0 Å². The number of aliphatic imine (C=N–C) groups is 1. The second kappa shape index (κ2) is 13.8. The highest BCUT2D eigenvalue weighted by Crippen LogP contribution is 2.38. The van der Waals surface area contributed by atoms with Crippen LogP contribution in [-0.4, -0.2) is 20.9 Å². The Labute approximate surface area is 321 Å². The van der Waals surface area contributed by atoms with Crippen molar-refractivity contribution in [2.45, 2.75) is 0 Å². The van der Waals surface area contributed by atoms with Gasteiger partial charge in [0, 0.05) is 22.6 Å². The third-order valence-electron chi connectivity index (χ3n) is 10.8. The third kappa shape index (κ3) is 5.73. The van der Waals surface area contributed by atoms with E-state index in [-0.39, 0.29) is 0 Å². The quantitative estimate of drug-likeness (QED) is 0.137. The first kappa shape index (κ1) is 32.7. The van der Waals surface area contributed by atoms with E-state index in [9.17, 15) is 0 Å². The van der Waals surface area contributed by atoms with Crippen LogP contribution in [0.5, 0.6) is 5.75 Å². The lowest BCUT2D eigenvalue weighted by molar-refractivity contribution is 0.383. The van der Waals surface area contributed by atoms with Crippen molar-refractivity contribution in [1.82, 2.24) is 0 Å². The van der Waals surface area contributed by atoms with Crippen LogP contribution >= 0.6 is 0 Å². The lowest BCUT2D eigenvalue weighted by atomic mass is 10.0. The molecule has 0 amide bonds. The number of hydrogen-bond donors (Lipinski definition) is 1. The molecule has 1 aromatic heterocycles. The summed E-state index contributed by atoms with van der Waals surface area (Å²) >= 11 is 0. The maximum Gasteiger partial charge on any atom is 0.179 e. The van der Waals surface area contributed by atoms with E-state index in [4.69, 9.17) is 9.15 Å². The first-order valence-electron chi connectivity index (χ1n) is 18.6. The highest BCUT2D eigenvalue weighted by atomic mass is 28.3. The zero-order chi connectivity index (χ0) is 36.6. The van der Waals surface area contributed by atoms with E-state index in [1.165, 1.54) is 20.7 Å². The SMILES string of the molecule is C1=Nc2ccccc2Nc2ccc(-c3cccc([Si](c4ccccc4)(c4ccccc4)c4cccc(-c5cccc6c5oc5ccccc56)c4)c3)cc2OC1. The average molecular weight is 725 g/mol. The molecule has 0 aliphatic carbocycles. The van der Waals surface area contributed by atoms with Crippen molar-refractivity contribution < 1.29 is 9.15 Å². The smallest absolute Gasteiger partial charge is 0.179 e. The Morgan fingerprint density at radius 1 is 0.473 bits per heavy atom. The molecule has 0 saturated carbocycles. The minimum Gasteiger partial charge on any atom is -0.486 e. The lowest BCUT2D eigenvalue weighted by Crippen LogP contribution is -2.74. The Balaban J connectivity index is 1.16. The molecule has 1 N–H and O–H groups in total. The summed E-state index contributed by atoms with van der Waals surface area (Å²) in [6.45, 7) is 0.378. The number of hydrogen-bond acceptors (Lipinski definition) is 4. The fourth-order valence-corrected chi connectivity index (χ4v) is 13.0. The molecule has 0 saturated heterocycles. The number of para-hydroxylation sites is 4. The number of furan rings is 1. The van der Waals surface area contributed by atoms with Gasteiger partial charge in [-0.05, 0) is 67.8 Å². The van der Waals surface area contributed by atoms with Gasteiger partial charge in [0.1, 0.15) is 23.5 Å². The molecule has 0 spiro atoms. The molecule has 262 valence electrons. The number of benzene rings is 8. The molecule has 4 nitrogen and oxygen atoms in total. The highest BCUT2D eigenvalue weighted by Gasteiger charge is 2.41. The molecule has 8 aromatic carbocycles. The summed E-state index contributed by atoms with van der Waals surface area (Å²) in [5.74, 6) is 0.785. The van der Waals surface area contributed by atoms with E-state index in [0.717, 1.165) is 67.0 Å². The van der Waals surface area contributed by atoms with E-state index in [0.29, 0.717) is 6.61 Å². The standard InChI is InChI=1S/C50H36N2O2Si/c1-3-16-38(17-4-1)55(39-18-5-2-6-19-39,41-21-12-15-37(33-41)42-23-13-24-44-43-22-7-10-27-48(43)54-50(42)44)40-20-11-14-35(32-40)36-28-29-47-49(34-36)53-31-30-51-45-25-8-9-26-46(45)52-47/h1-30,32-34,52H,31H2. The predicted octanol–water partition coefficient (Wildman–Crippen LogP) is 10.1. The van der Waals surface area contributed by atoms with Gasteiger partial charge in [0.2, 0.25) is 0 Å². The Bertz CT molecular complexity index is 2820. The second-order valence-corrected chi connectivity index (χ2v) is 17.7. The van der Waals surface area contributed by atoms with Crippen molar-refractivity contribution >= 4 is 74.0 Å². The van der Waals surface area contributed by atoms with Crippen LogP contribution in [0.1, 0.15) is 0 Å². The first-order valence-corrected chi connectivity index (χ1v) is 20.6. The number of fused-ring (bicyclic) bond motifs is 5. The zero-order valence-corrected chi connectivity index (χ0v) is 31.0. The van der Waals surface area contributed by atoms with E-state index in [2.05, 4.69) is 168 Å². The van der Waals surface area contributed by atoms with Crippen LogP contribution in [0.25, 0.3) is 44.2 Å². The van der Waals surface area contributed by atoms with Crippen molar-refractivity contribution in [3.8, 4) is 28.0 Å². The molecular formula is C50H36N2O2Si. The van der Waals surface area contributed by atoms with Crippen LogP contribution in [0.15, 0.2) is 204 Å². The Morgan fingerprint density at radius 3 is 1.89 bits per heavy atom. The molecule has 0 unspecified atom stereocenters. The summed E-state index contributed by atoms with van der Waals surface area (Å²) in [6, 6.07) is 69.8. The van der Waals surface area contributed by atoms with E-state index < -0.39 is 8.07 Å². The number of anilines is 2. The number of rotatable bonds is 6. The predicted molar refractivity (Wildman–Crippen MR) is 232 cm³/mol. The summed E-state index contributed by atoms with van der Waals surface area (Å²) in [6.07, 6.45) is 1.82. The topological polar surface area (TPSA) is 46.8 Å². The van der Waals surface area contributed by atoms with Gasteiger partial charge in [0.05, 0.1) is 17.1 Å². The van der Waals surface area contributed by atoms with Gasteiger partial charge < -0.3 is 14.5 Å². The molecule has 10 rings (SSSR count). The van der Waals surface area contributed by atoms with Crippen molar-refractivity contribution in [1.29, 1.82) is 0 Å². The molecule has 55 heavy (non-hydrogen) atoms. The summed E-state index contributed by atoms with van der Waals surface area (Å²) in [7, 11) is -2.91. The van der Waals surface area contributed by atoms with E-state index in [1.807, 2.05) is 42.6 Å². The Hall–Kier alpha value is -6.95. The van der Waals surface area contributed by atoms with Crippen LogP contribution in [0.4, 0.5) is 17.1 Å². The van der Waals surface area contributed by atoms with E-state index >= 15 is 0 Å². The maximum absolute atomic E-state index is 6.55. The summed E-state index contributed by atoms with van der Waals surface area (Å²) in [5, 5.41) is 11.0. The van der Waals surface area contributed by atoms with E-state index in [1.54, 1.807) is 0 Å². The van der Waals surface area contributed by atoms with Crippen molar-refractivity contribution in [2.75, 3.05) is 11.9 Å².